The van der Waals surface area contributed by atoms with Gasteiger partial charge in [0, 0.05) is 18.3 Å². The number of H-pyrrole nitrogens is 1. The predicted molar refractivity (Wildman–Crippen MR) is 113 cm³/mol. The van der Waals surface area contributed by atoms with E-state index >= 15 is 0 Å². The van der Waals surface area contributed by atoms with Crippen LogP contribution >= 0.6 is 0 Å². The maximum atomic E-state index is 4.74. The molecule has 0 radical (unpaired) electrons. The van der Waals surface area contributed by atoms with E-state index < -0.39 is 0 Å². The molecule has 7 nitrogen and oxygen atoms in total. The quantitative estimate of drug-likeness (QED) is 0.444. The van der Waals surface area contributed by atoms with Gasteiger partial charge >= 0.3 is 0 Å². The molecule has 0 saturated carbocycles. The number of benzene rings is 1. The molecular weight excluding hydrogens is 350 g/mol. The summed E-state index contributed by atoms with van der Waals surface area (Å²) in [4.78, 5) is 12.5. The number of nitrogens with one attached hydrogen (secondary N) is 3. The Morgan fingerprint density at radius 2 is 1.82 bits per heavy atom. The van der Waals surface area contributed by atoms with E-state index in [0.717, 1.165) is 28.2 Å². The van der Waals surface area contributed by atoms with Crippen LogP contribution in [0.15, 0.2) is 48.8 Å². The fourth-order valence-electron chi connectivity index (χ4n) is 3.32. The summed E-state index contributed by atoms with van der Waals surface area (Å²) < 4.78 is 1.98. The molecule has 28 heavy (non-hydrogen) atoms. The Labute approximate surface area is 164 Å². The van der Waals surface area contributed by atoms with E-state index in [1.165, 1.54) is 5.56 Å². The molecule has 0 aliphatic heterocycles. The van der Waals surface area contributed by atoms with Crippen molar-refractivity contribution in [3.8, 4) is 0 Å². The number of aromatic nitrogens is 5. The molecule has 0 fully saturated rings. The van der Waals surface area contributed by atoms with Crippen LogP contribution in [0.2, 0.25) is 0 Å². The van der Waals surface area contributed by atoms with Crippen molar-refractivity contribution >= 4 is 28.5 Å². The molecule has 144 valence electrons. The van der Waals surface area contributed by atoms with Crippen molar-refractivity contribution in [2.24, 2.45) is 0 Å². The van der Waals surface area contributed by atoms with Crippen molar-refractivity contribution in [3.63, 3.8) is 0 Å². The molecule has 3 heterocycles. The van der Waals surface area contributed by atoms with Crippen LogP contribution in [0.4, 0.5) is 17.5 Å². The smallest absolute Gasteiger partial charge is 0.231 e. The van der Waals surface area contributed by atoms with E-state index in [1.54, 1.807) is 0 Å². The Morgan fingerprint density at radius 1 is 1.04 bits per heavy atom. The topological polar surface area (TPSA) is 83.4 Å². The molecule has 0 aliphatic carbocycles. The molecule has 0 saturated heterocycles. The van der Waals surface area contributed by atoms with Gasteiger partial charge < -0.3 is 15.6 Å². The summed E-state index contributed by atoms with van der Waals surface area (Å²) >= 11 is 0. The summed E-state index contributed by atoms with van der Waals surface area (Å²) in [5.41, 5.74) is 3.95. The monoisotopic (exact) mass is 375 g/mol. The maximum Gasteiger partial charge on any atom is 0.231 e. The lowest BCUT2D eigenvalue weighted by atomic mass is 10.1. The van der Waals surface area contributed by atoms with Crippen LogP contribution in [-0.4, -0.2) is 24.7 Å². The number of aromatic amines is 1. The van der Waals surface area contributed by atoms with Gasteiger partial charge in [0.1, 0.15) is 11.5 Å². The third-order valence-corrected chi connectivity index (χ3v) is 4.85. The van der Waals surface area contributed by atoms with Crippen LogP contribution in [0.3, 0.4) is 0 Å². The van der Waals surface area contributed by atoms with Crippen LogP contribution in [0.1, 0.15) is 44.1 Å². The second kappa shape index (κ2) is 7.34. The first-order chi connectivity index (χ1) is 13.5. The van der Waals surface area contributed by atoms with Crippen molar-refractivity contribution in [2.45, 2.75) is 39.8 Å². The van der Waals surface area contributed by atoms with E-state index in [2.05, 4.69) is 58.6 Å². The SMILES string of the molecule is Cc1c(Nc2nc(NC(C)c3ccccc3)c3cc[nH]c3n2)cnn1C(C)C. The second-order valence-corrected chi connectivity index (χ2v) is 7.22. The zero-order valence-electron chi connectivity index (χ0n) is 16.6. The highest BCUT2D eigenvalue weighted by Crippen LogP contribution is 2.27. The first-order valence-electron chi connectivity index (χ1n) is 9.50. The second-order valence-electron chi connectivity index (χ2n) is 7.22. The molecule has 3 aromatic heterocycles. The van der Waals surface area contributed by atoms with Crippen LogP contribution < -0.4 is 10.6 Å². The number of fused-ring (bicyclic) bond motifs is 1. The van der Waals surface area contributed by atoms with Crippen LogP contribution in [0.25, 0.3) is 11.0 Å². The first-order valence-corrected chi connectivity index (χ1v) is 9.50. The zero-order chi connectivity index (χ0) is 19.7. The molecule has 0 amide bonds. The molecule has 1 unspecified atom stereocenters. The van der Waals surface area contributed by atoms with Gasteiger partial charge in [-0.3, -0.25) is 4.68 Å². The van der Waals surface area contributed by atoms with Gasteiger partial charge in [-0.15, -0.1) is 0 Å². The van der Waals surface area contributed by atoms with E-state index in [4.69, 9.17) is 4.98 Å². The van der Waals surface area contributed by atoms with E-state index in [0.29, 0.717) is 12.0 Å². The summed E-state index contributed by atoms with van der Waals surface area (Å²) in [6.45, 7) is 8.38. The average Bonchev–Trinajstić information content (AvgIpc) is 3.30. The fraction of sp³-hybridized carbons (Fsp3) is 0.286. The maximum absolute atomic E-state index is 4.74. The molecule has 3 N–H and O–H groups in total. The van der Waals surface area contributed by atoms with Crippen molar-refractivity contribution in [3.05, 3.63) is 60.0 Å². The molecule has 1 atom stereocenters. The Hall–Kier alpha value is -3.35. The largest absolute Gasteiger partial charge is 0.363 e. The Balaban J connectivity index is 1.65. The lowest BCUT2D eigenvalue weighted by molar-refractivity contribution is 0.519. The van der Waals surface area contributed by atoms with Crippen molar-refractivity contribution in [2.75, 3.05) is 10.6 Å². The first kappa shape index (κ1) is 18.0. The van der Waals surface area contributed by atoms with Crippen molar-refractivity contribution in [1.29, 1.82) is 0 Å². The van der Waals surface area contributed by atoms with Crippen LogP contribution in [0, 0.1) is 6.92 Å². The van der Waals surface area contributed by atoms with E-state index in [9.17, 15) is 0 Å². The molecule has 0 aliphatic rings. The molecule has 4 aromatic rings. The van der Waals surface area contributed by atoms with Crippen molar-refractivity contribution in [1.82, 2.24) is 24.7 Å². The number of rotatable bonds is 6. The number of hydrogen-bond donors (Lipinski definition) is 3. The summed E-state index contributed by atoms with van der Waals surface area (Å²) in [5, 5.41) is 12.2. The summed E-state index contributed by atoms with van der Waals surface area (Å²) in [5.74, 6) is 1.32. The van der Waals surface area contributed by atoms with Gasteiger partial charge in [-0.2, -0.15) is 15.1 Å². The Morgan fingerprint density at radius 3 is 2.54 bits per heavy atom. The van der Waals surface area contributed by atoms with Gasteiger partial charge in [0.2, 0.25) is 5.95 Å². The van der Waals surface area contributed by atoms with Crippen LogP contribution in [0.5, 0.6) is 0 Å². The molecular formula is C21H25N7. The van der Waals surface area contributed by atoms with Crippen molar-refractivity contribution < 1.29 is 0 Å². The van der Waals surface area contributed by atoms with Gasteiger partial charge in [-0.05, 0) is 39.3 Å². The minimum atomic E-state index is 0.118. The molecule has 1 aromatic carbocycles. The Bertz CT molecular complexity index is 1080. The van der Waals surface area contributed by atoms with Gasteiger partial charge in [-0.25, -0.2) is 0 Å². The lowest BCUT2D eigenvalue weighted by Crippen LogP contribution is -2.10. The summed E-state index contributed by atoms with van der Waals surface area (Å²) in [6.07, 6.45) is 3.70. The highest BCUT2D eigenvalue weighted by molar-refractivity contribution is 5.88. The summed E-state index contributed by atoms with van der Waals surface area (Å²) in [6, 6.07) is 12.7. The highest BCUT2D eigenvalue weighted by Gasteiger charge is 2.14. The molecule has 0 bridgehead atoms. The third-order valence-electron chi connectivity index (χ3n) is 4.85. The number of nitrogens with zero attached hydrogens (tertiary/aromatic N) is 4. The standard InChI is InChI=1S/C21H25N7/c1-13(2)28-15(4)18(12-23-28)25-21-26-19-17(10-11-22-19)20(27-21)24-14(3)16-8-6-5-7-9-16/h5-14H,1-4H3,(H3,22,24,25,26,27). The highest BCUT2D eigenvalue weighted by atomic mass is 15.3. The van der Waals surface area contributed by atoms with Gasteiger partial charge in [0.15, 0.2) is 0 Å². The fourth-order valence-corrected chi connectivity index (χ4v) is 3.32. The van der Waals surface area contributed by atoms with Gasteiger partial charge in [0.25, 0.3) is 0 Å². The minimum absolute atomic E-state index is 0.118. The van der Waals surface area contributed by atoms with Crippen LogP contribution in [-0.2, 0) is 0 Å². The summed E-state index contributed by atoms with van der Waals surface area (Å²) in [7, 11) is 0. The number of anilines is 3. The molecule has 4 rings (SSSR count). The van der Waals surface area contributed by atoms with Gasteiger partial charge in [0.05, 0.1) is 23.0 Å². The lowest BCUT2D eigenvalue weighted by Gasteiger charge is -2.16. The zero-order valence-corrected chi connectivity index (χ0v) is 16.6. The van der Waals surface area contributed by atoms with E-state index in [-0.39, 0.29) is 6.04 Å². The number of hydrogen-bond acceptors (Lipinski definition) is 5. The average molecular weight is 375 g/mol. The molecule has 0 spiro atoms. The normalized spacial score (nSPS) is 12.5. The van der Waals surface area contributed by atoms with E-state index in [1.807, 2.05) is 48.3 Å². The minimum Gasteiger partial charge on any atom is -0.363 e. The van der Waals surface area contributed by atoms with Gasteiger partial charge in [-0.1, -0.05) is 30.3 Å². The predicted octanol–water partition coefficient (Wildman–Crippen LogP) is 4.96. The molecule has 7 heteroatoms. The third kappa shape index (κ3) is 3.43. The Kier molecular flexibility index (Phi) is 4.73.